The van der Waals surface area contributed by atoms with E-state index in [-0.39, 0.29) is 5.91 Å². The van der Waals surface area contributed by atoms with E-state index in [1.807, 2.05) is 32.0 Å². The van der Waals surface area contributed by atoms with Crippen LogP contribution in [0.15, 0.2) is 36.4 Å². The second kappa shape index (κ2) is 9.56. The molecule has 0 bridgehead atoms. The van der Waals surface area contributed by atoms with Crippen LogP contribution in [0.25, 0.3) is 0 Å². The molecule has 6 nitrogen and oxygen atoms in total. The summed E-state index contributed by atoms with van der Waals surface area (Å²) in [5, 5.41) is 2.89. The molecule has 0 atom stereocenters. The van der Waals surface area contributed by atoms with Gasteiger partial charge >= 0.3 is 0 Å². The van der Waals surface area contributed by atoms with Gasteiger partial charge < -0.3 is 24.3 Å². The van der Waals surface area contributed by atoms with Crippen LogP contribution in [0.1, 0.15) is 29.8 Å². The zero-order valence-electron chi connectivity index (χ0n) is 15.6. The Balaban J connectivity index is 2.14. The Labute approximate surface area is 154 Å². The fourth-order valence-corrected chi connectivity index (χ4v) is 2.49. The third-order valence-electron chi connectivity index (χ3n) is 3.73. The van der Waals surface area contributed by atoms with Gasteiger partial charge in [0.1, 0.15) is 11.5 Å². The van der Waals surface area contributed by atoms with Crippen molar-refractivity contribution in [1.29, 1.82) is 0 Å². The van der Waals surface area contributed by atoms with Crippen molar-refractivity contribution >= 4 is 5.91 Å². The maximum absolute atomic E-state index is 12.5. The average molecular weight is 359 g/mol. The quantitative estimate of drug-likeness (QED) is 0.743. The van der Waals surface area contributed by atoms with Crippen LogP contribution in [0.5, 0.6) is 23.0 Å². The highest BCUT2D eigenvalue weighted by molar-refractivity contribution is 5.94. The van der Waals surface area contributed by atoms with Crippen molar-refractivity contribution in [2.75, 3.05) is 27.4 Å². The third kappa shape index (κ3) is 4.81. The number of benzene rings is 2. The summed E-state index contributed by atoms with van der Waals surface area (Å²) in [5.74, 6) is 2.36. The summed E-state index contributed by atoms with van der Waals surface area (Å²) in [6, 6.07) is 10.6. The van der Waals surface area contributed by atoms with E-state index in [9.17, 15) is 4.79 Å². The van der Waals surface area contributed by atoms with E-state index in [0.717, 1.165) is 5.56 Å². The molecular weight excluding hydrogens is 334 g/mol. The second-order valence-corrected chi connectivity index (χ2v) is 5.39. The lowest BCUT2D eigenvalue weighted by Crippen LogP contribution is -2.23. The lowest BCUT2D eigenvalue weighted by Gasteiger charge is -2.13. The predicted molar refractivity (Wildman–Crippen MR) is 99.5 cm³/mol. The summed E-state index contributed by atoms with van der Waals surface area (Å²) in [7, 11) is 3.19. The number of hydrogen-bond acceptors (Lipinski definition) is 5. The topological polar surface area (TPSA) is 66.0 Å². The molecule has 1 amide bonds. The van der Waals surface area contributed by atoms with Crippen molar-refractivity contribution in [3.8, 4) is 23.0 Å². The number of nitrogens with one attached hydrogen (secondary N) is 1. The molecule has 0 aromatic heterocycles. The van der Waals surface area contributed by atoms with Crippen molar-refractivity contribution in [3.63, 3.8) is 0 Å². The van der Waals surface area contributed by atoms with Gasteiger partial charge in [-0.3, -0.25) is 4.79 Å². The highest BCUT2D eigenvalue weighted by Crippen LogP contribution is 2.29. The number of carbonyl (C=O) groups excluding carboxylic acids is 1. The van der Waals surface area contributed by atoms with Crippen molar-refractivity contribution in [2.24, 2.45) is 0 Å². The van der Waals surface area contributed by atoms with Gasteiger partial charge in [0, 0.05) is 17.7 Å². The molecule has 26 heavy (non-hydrogen) atoms. The molecule has 0 aliphatic heterocycles. The Hall–Kier alpha value is -2.89. The molecule has 0 unspecified atom stereocenters. The van der Waals surface area contributed by atoms with E-state index in [4.69, 9.17) is 18.9 Å². The molecule has 0 aliphatic carbocycles. The molecular formula is C20H25NO5. The molecule has 140 valence electrons. The lowest BCUT2D eigenvalue weighted by molar-refractivity contribution is 0.0950. The van der Waals surface area contributed by atoms with Crippen molar-refractivity contribution in [3.05, 3.63) is 47.5 Å². The summed E-state index contributed by atoms with van der Waals surface area (Å²) in [4.78, 5) is 12.5. The normalized spacial score (nSPS) is 10.2. The van der Waals surface area contributed by atoms with Crippen LogP contribution < -0.4 is 24.3 Å². The minimum absolute atomic E-state index is 0.209. The van der Waals surface area contributed by atoms with Crippen LogP contribution >= 0.6 is 0 Å². The molecule has 1 N–H and O–H groups in total. The van der Waals surface area contributed by atoms with Crippen LogP contribution in [0, 0.1) is 0 Å². The average Bonchev–Trinajstić information content (AvgIpc) is 2.67. The third-order valence-corrected chi connectivity index (χ3v) is 3.73. The van der Waals surface area contributed by atoms with Gasteiger partial charge in [0.15, 0.2) is 11.5 Å². The van der Waals surface area contributed by atoms with Crippen LogP contribution in [-0.2, 0) is 6.54 Å². The number of hydrogen-bond donors (Lipinski definition) is 1. The molecule has 0 aliphatic rings. The number of rotatable bonds is 9. The van der Waals surface area contributed by atoms with Gasteiger partial charge in [0.25, 0.3) is 5.91 Å². The Morgan fingerprint density at radius 1 is 0.885 bits per heavy atom. The van der Waals surface area contributed by atoms with E-state index in [1.54, 1.807) is 32.4 Å². The van der Waals surface area contributed by atoms with Crippen LogP contribution in [0.3, 0.4) is 0 Å². The van der Waals surface area contributed by atoms with Crippen LogP contribution in [0.2, 0.25) is 0 Å². The molecule has 0 saturated heterocycles. The summed E-state index contributed by atoms with van der Waals surface area (Å²) in [5.41, 5.74) is 1.33. The van der Waals surface area contributed by atoms with Crippen molar-refractivity contribution in [2.45, 2.75) is 20.4 Å². The second-order valence-electron chi connectivity index (χ2n) is 5.39. The maximum Gasteiger partial charge on any atom is 0.251 e. The number of methoxy groups -OCH3 is 2. The fraction of sp³-hybridized carbons (Fsp3) is 0.350. The largest absolute Gasteiger partial charge is 0.497 e. The summed E-state index contributed by atoms with van der Waals surface area (Å²) < 4.78 is 21.6. The maximum atomic E-state index is 12.5. The van der Waals surface area contributed by atoms with Gasteiger partial charge in [0.2, 0.25) is 0 Å². The SMILES string of the molecule is CCOc1ccc(C(=O)NCc2cc(OC)ccc2OC)cc1OCC. The van der Waals surface area contributed by atoms with E-state index >= 15 is 0 Å². The molecule has 0 fully saturated rings. The minimum Gasteiger partial charge on any atom is -0.497 e. The predicted octanol–water partition coefficient (Wildman–Crippen LogP) is 3.43. The Morgan fingerprint density at radius 3 is 2.23 bits per heavy atom. The number of ether oxygens (including phenoxy) is 4. The number of carbonyl (C=O) groups is 1. The van der Waals surface area contributed by atoms with E-state index in [1.165, 1.54) is 0 Å². The monoisotopic (exact) mass is 359 g/mol. The standard InChI is InChI=1S/C20H25NO5/c1-5-25-18-9-7-14(12-19(18)26-6-2)20(22)21-13-15-11-16(23-3)8-10-17(15)24-4/h7-12H,5-6,13H2,1-4H3,(H,21,22). The Kier molecular flexibility index (Phi) is 7.14. The minimum atomic E-state index is -0.209. The summed E-state index contributed by atoms with van der Waals surface area (Å²) in [6.07, 6.45) is 0. The molecule has 2 aromatic rings. The first-order valence-electron chi connectivity index (χ1n) is 8.51. The first-order valence-corrected chi connectivity index (χ1v) is 8.51. The van der Waals surface area contributed by atoms with Gasteiger partial charge in [-0.15, -0.1) is 0 Å². The van der Waals surface area contributed by atoms with Crippen LogP contribution in [-0.4, -0.2) is 33.3 Å². The molecule has 0 heterocycles. The summed E-state index contributed by atoms with van der Waals surface area (Å²) >= 11 is 0. The van der Waals surface area contributed by atoms with Gasteiger partial charge in [0.05, 0.1) is 27.4 Å². The summed E-state index contributed by atoms with van der Waals surface area (Å²) in [6.45, 7) is 5.12. The first-order chi connectivity index (χ1) is 12.6. The van der Waals surface area contributed by atoms with Gasteiger partial charge in [-0.05, 0) is 50.2 Å². The Morgan fingerprint density at radius 2 is 1.58 bits per heavy atom. The highest BCUT2D eigenvalue weighted by atomic mass is 16.5. The van der Waals surface area contributed by atoms with E-state index in [0.29, 0.717) is 48.3 Å². The van der Waals surface area contributed by atoms with Gasteiger partial charge in [-0.25, -0.2) is 0 Å². The molecule has 0 saturated carbocycles. The smallest absolute Gasteiger partial charge is 0.251 e. The molecule has 6 heteroatoms. The van der Waals surface area contributed by atoms with E-state index < -0.39 is 0 Å². The van der Waals surface area contributed by atoms with Crippen LogP contribution in [0.4, 0.5) is 0 Å². The van der Waals surface area contributed by atoms with Crippen molar-refractivity contribution in [1.82, 2.24) is 5.32 Å². The number of amides is 1. The first kappa shape index (κ1) is 19.4. The molecule has 0 spiro atoms. The van der Waals surface area contributed by atoms with Gasteiger partial charge in [-0.2, -0.15) is 0 Å². The molecule has 2 aromatic carbocycles. The lowest BCUT2D eigenvalue weighted by atomic mass is 10.1. The van der Waals surface area contributed by atoms with E-state index in [2.05, 4.69) is 5.32 Å². The molecule has 2 rings (SSSR count). The fourth-order valence-electron chi connectivity index (χ4n) is 2.49. The van der Waals surface area contributed by atoms with Gasteiger partial charge in [-0.1, -0.05) is 0 Å². The zero-order valence-corrected chi connectivity index (χ0v) is 15.6. The highest BCUT2D eigenvalue weighted by Gasteiger charge is 2.13. The molecule has 0 radical (unpaired) electrons. The Bertz CT molecular complexity index is 745. The van der Waals surface area contributed by atoms with Crippen molar-refractivity contribution < 1.29 is 23.7 Å². The zero-order chi connectivity index (χ0) is 18.9.